The molecule has 1 aliphatic heterocycles. The van der Waals surface area contributed by atoms with E-state index >= 15 is 0 Å². The number of hydrogen-bond donors (Lipinski definition) is 2. The Bertz CT molecular complexity index is 1040. The van der Waals surface area contributed by atoms with Crippen LogP contribution >= 0.6 is 0 Å². The minimum Gasteiger partial charge on any atom is -0.467 e. The molecule has 0 spiro atoms. The van der Waals surface area contributed by atoms with E-state index in [4.69, 9.17) is 4.74 Å². The van der Waals surface area contributed by atoms with Crippen LogP contribution in [0.3, 0.4) is 0 Å². The van der Waals surface area contributed by atoms with Gasteiger partial charge in [-0.3, -0.25) is 0 Å². The molecule has 2 heterocycles. The minimum absolute atomic E-state index is 0.241. The molecule has 1 aromatic heterocycles. The van der Waals surface area contributed by atoms with E-state index in [0.717, 1.165) is 35.2 Å². The monoisotopic (exact) mass is 420 g/mol. The Labute approximate surface area is 182 Å². The summed E-state index contributed by atoms with van der Waals surface area (Å²) in [6.45, 7) is 4.62. The Morgan fingerprint density at radius 2 is 1.68 bits per heavy atom. The van der Waals surface area contributed by atoms with E-state index in [9.17, 15) is 9.59 Å². The van der Waals surface area contributed by atoms with Crippen molar-refractivity contribution in [3.05, 3.63) is 66.4 Å². The SMILES string of the molecule is COC(=O)[C@H](NC(=O)N1CCN(c2ccccc2)CC1)[C@@H](C)c1c[nH]c2ccccc12. The van der Waals surface area contributed by atoms with Gasteiger partial charge in [0, 0.05) is 54.9 Å². The number of fused-ring (bicyclic) bond motifs is 1. The summed E-state index contributed by atoms with van der Waals surface area (Å²) in [6, 6.07) is 17.1. The first kappa shape index (κ1) is 20.8. The van der Waals surface area contributed by atoms with Gasteiger partial charge in [0.2, 0.25) is 0 Å². The Balaban J connectivity index is 1.44. The number of ether oxygens (including phenoxy) is 1. The third kappa shape index (κ3) is 4.35. The Morgan fingerprint density at radius 1 is 1.00 bits per heavy atom. The number of nitrogens with zero attached hydrogens (tertiary/aromatic N) is 2. The highest BCUT2D eigenvalue weighted by Gasteiger charge is 2.32. The third-order valence-electron chi connectivity index (χ3n) is 6.03. The van der Waals surface area contributed by atoms with E-state index in [1.54, 1.807) is 4.90 Å². The third-order valence-corrected chi connectivity index (χ3v) is 6.03. The molecule has 0 radical (unpaired) electrons. The van der Waals surface area contributed by atoms with E-state index in [1.807, 2.05) is 55.6 Å². The summed E-state index contributed by atoms with van der Waals surface area (Å²) in [6.07, 6.45) is 1.90. The van der Waals surface area contributed by atoms with E-state index in [0.29, 0.717) is 13.1 Å². The maximum atomic E-state index is 13.0. The van der Waals surface area contributed by atoms with Gasteiger partial charge in [0.25, 0.3) is 0 Å². The van der Waals surface area contributed by atoms with Crippen LogP contribution in [0.2, 0.25) is 0 Å². The number of carbonyl (C=O) groups is 2. The molecule has 2 N–H and O–H groups in total. The molecule has 31 heavy (non-hydrogen) atoms. The van der Waals surface area contributed by atoms with Gasteiger partial charge in [-0.05, 0) is 23.8 Å². The minimum atomic E-state index is -0.774. The molecule has 2 aromatic carbocycles. The number of carbonyl (C=O) groups excluding carboxylic acids is 2. The molecular weight excluding hydrogens is 392 g/mol. The quantitative estimate of drug-likeness (QED) is 0.621. The van der Waals surface area contributed by atoms with Crippen LogP contribution in [0.25, 0.3) is 10.9 Å². The second-order valence-corrected chi connectivity index (χ2v) is 7.84. The first-order valence-corrected chi connectivity index (χ1v) is 10.6. The zero-order valence-electron chi connectivity index (χ0n) is 17.9. The summed E-state index contributed by atoms with van der Waals surface area (Å²) in [5, 5.41) is 3.96. The van der Waals surface area contributed by atoms with Crippen molar-refractivity contribution in [3.63, 3.8) is 0 Å². The summed E-state index contributed by atoms with van der Waals surface area (Å²) in [5.41, 5.74) is 3.12. The van der Waals surface area contributed by atoms with Gasteiger partial charge in [0.05, 0.1) is 7.11 Å². The number of rotatable bonds is 5. The van der Waals surface area contributed by atoms with Crippen molar-refractivity contribution >= 4 is 28.6 Å². The van der Waals surface area contributed by atoms with Crippen LogP contribution in [-0.2, 0) is 9.53 Å². The molecule has 4 rings (SSSR count). The van der Waals surface area contributed by atoms with E-state index < -0.39 is 12.0 Å². The average Bonchev–Trinajstić information content (AvgIpc) is 3.26. The number of para-hydroxylation sites is 2. The number of benzene rings is 2. The predicted molar refractivity (Wildman–Crippen MR) is 121 cm³/mol. The number of piperazine rings is 1. The predicted octanol–water partition coefficient (Wildman–Crippen LogP) is 3.34. The molecule has 162 valence electrons. The largest absolute Gasteiger partial charge is 0.467 e. The van der Waals surface area contributed by atoms with Gasteiger partial charge in [-0.1, -0.05) is 43.3 Å². The molecule has 1 saturated heterocycles. The summed E-state index contributed by atoms with van der Waals surface area (Å²) in [5.74, 6) is -0.702. The molecular formula is C24H28N4O3. The number of H-pyrrole nitrogens is 1. The first-order chi connectivity index (χ1) is 15.1. The Hall–Kier alpha value is -3.48. The number of esters is 1. The summed E-state index contributed by atoms with van der Waals surface area (Å²) in [4.78, 5) is 32.8. The second-order valence-electron chi connectivity index (χ2n) is 7.84. The maximum absolute atomic E-state index is 13.0. The van der Waals surface area contributed by atoms with Crippen molar-refractivity contribution < 1.29 is 14.3 Å². The van der Waals surface area contributed by atoms with E-state index in [2.05, 4.69) is 27.3 Å². The van der Waals surface area contributed by atoms with Gasteiger partial charge in [0.1, 0.15) is 6.04 Å². The number of nitrogens with one attached hydrogen (secondary N) is 2. The number of amides is 2. The number of aromatic nitrogens is 1. The fourth-order valence-electron chi connectivity index (χ4n) is 4.20. The van der Waals surface area contributed by atoms with Crippen LogP contribution < -0.4 is 10.2 Å². The van der Waals surface area contributed by atoms with Crippen LogP contribution in [0.5, 0.6) is 0 Å². The van der Waals surface area contributed by atoms with Gasteiger partial charge in [-0.2, -0.15) is 0 Å². The topological polar surface area (TPSA) is 77.7 Å². The lowest BCUT2D eigenvalue weighted by atomic mass is 9.93. The molecule has 2 amide bonds. The van der Waals surface area contributed by atoms with Crippen LogP contribution in [0.4, 0.5) is 10.5 Å². The number of urea groups is 1. The number of aromatic amines is 1. The molecule has 0 bridgehead atoms. The average molecular weight is 421 g/mol. The van der Waals surface area contributed by atoms with E-state index in [-0.39, 0.29) is 11.9 Å². The van der Waals surface area contributed by atoms with E-state index in [1.165, 1.54) is 7.11 Å². The highest BCUT2D eigenvalue weighted by molar-refractivity contribution is 5.88. The molecule has 0 unspecified atom stereocenters. The lowest BCUT2D eigenvalue weighted by molar-refractivity contribution is -0.143. The summed E-state index contributed by atoms with van der Waals surface area (Å²) in [7, 11) is 1.35. The Morgan fingerprint density at radius 3 is 2.39 bits per heavy atom. The molecule has 1 fully saturated rings. The van der Waals surface area contributed by atoms with Crippen molar-refractivity contribution in [2.24, 2.45) is 0 Å². The second kappa shape index (κ2) is 9.12. The summed E-state index contributed by atoms with van der Waals surface area (Å²) < 4.78 is 5.02. The lowest BCUT2D eigenvalue weighted by Crippen LogP contribution is -2.55. The molecule has 7 heteroatoms. The van der Waals surface area contributed by atoms with Crippen molar-refractivity contribution in [2.45, 2.75) is 18.9 Å². The number of hydrogen-bond acceptors (Lipinski definition) is 4. The molecule has 0 saturated carbocycles. The van der Waals surface area contributed by atoms with Crippen LogP contribution in [0.1, 0.15) is 18.4 Å². The van der Waals surface area contributed by atoms with Crippen molar-refractivity contribution in [1.82, 2.24) is 15.2 Å². The molecule has 3 aromatic rings. The van der Waals surface area contributed by atoms with Crippen LogP contribution in [0, 0.1) is 0 Å². The van der Waals surface area contributed by atoms with Crippen molar-refractivity contribution in [3.8, 4) is 0 Å². The smallest absolute Gasteiger partial charge is 0.329 e. The van der Waals surface area contributed by atoms with Crippen molar-refractivity contribution in [1.29, 1.82) is 0 Å². The Kier molecular flexibility index (Phi) is 6.11. The maximum Gasteiger partial charge on any atom is 0.329 e. The number of anilines is 1. The zero-order chi connectivity index (χ0) is 21.8. The molecule has 0 aliphatic carbocycles. The lowest BCUT2D eigenvalue weighted by Gasteiger charge is -2.37. The summed E-state index contributed by atoms with van der Waals surface area (Å²) >= 11 is 0. The van der Waals surface area contributed by atoms with Gasteiger partial charge in [0.15, 0.2) is 0 Å². The van der Waals surface area contributed by atoms with Crippen molar-refractivity contribution in [2.75, 3.05) is 38.2 Å². The zero-order valence-corrected chi connectivity index (χ0v) is 17.9. The van der Waals surface area contributed by atoms with Gasteiger partial charge >= 0.3 is 12.0 Å². The standard InChI is InChI=1S/C24H28N4O3/c1-17(20-16-25-21-11-7-6-10-19(20)21)22(23(29)31-2)26-24(30)28-14-12-27(13-15-28)18-8-4-3-5-9-18/h3-11,16-17,22,25H,12-15H2,1-2H3,(H,26,30)/t17-,22+/m0/s1. The first-order valence-electron chi connectivity index (χ1n) is 10.6. The highest BCUT2D eigenvalue weighted by atomic mass is 16.5. The number of methoxy groups -OCH3 is 1. The fourth-order valence-corrected chi connectivity index (χ4v) is 4.20. The van der Waals surface area contributed by atoms with Gasteiger partial charge in [-0.15, -0.1) is 0 Å². The van der Waals surface area contributed by atoms with Gasteiger partial charge in [-0.25, -0.2) is 9.59 Å². The normalized spacial score (nSPS) is 16.1. The van der Waals surface area contributed by atoms with Crippen LogP contribution in [-0.4, -0.2) is 61.2 Å². The highest BCUT2D eigenvalue weighted by Crippen LogP contribution is 2.28. The fraction of sp³-hybridized carbons (Fsp3) is 0.333. The van der Waals surface area contributed by atoms with Gasteiger partial charge < -0.3 is 24.8 Å². The molecule has 1 aliphatic rings. The van der Waals surface area contributed by atoms with Crippen LogP contribution in [0.15, 0.2) is 60.8 Å². The molecule has 2 atom stereocenters. The molecule has 7 nitrogen and oxygen atoms in total.